The first-order chi connectivity index (χ1) is 16.4. The van der Waals surface area contributed by atoms with Crippen molar-refractivity contribution in [3.8, 4) is 5.75 Å². The van der Waals surface area contributed by atoms with Crippen LogP contribution in [0.25, 0.3) is 11.0 Å². The molecule has 0 aliphatic carbocycles. The predicted octanol–water partition coefficient (Wildman–Crippen LogP) is 4.33. The highest BCUT2D eigenvalue weighted by Crippen LogP contribution is 2.29. The number of carbonyl (C=O) groups excluding carboxylic acids is 1. The molecule has 0 saturated carbocycles. The number of aryl methyl sites for hydroxylation is 2. The molecule has 3 aromatic rings. The number of carboxylic acids is 1. The summed E-state index contributed by atoms with van der Waals surface area (Å²) in [6.07, 6.45) is 2.75. The maximum Gasteiger partial charge on any atom is 0.336 e. The Morgan fingerprint density at radius 3 is 2.65 bits per heavy atom. The monoisotopic (exact) mass is 483 g/mol. The molecule has 1 atom stereocenters. The molecule has 0 bridgehead atoms. The summed E-state index contributed by atoms with van der Waals surface area (Å²) < 4.78 is 11.1. The minimum Gasteiger partial charge on any atom is -0.483 e. The van der Waals surface area contributed by atoms with Crippen LogP contribution in [0, 0.1) is 6.92 Å². The minimum absolute atomic E-state index is 0.233. The van der Waals surface area contributed by atoms with Gasteiger partial charge in [-0.05, 0) is 43.0 Å². The molecule has 180 valence electrons. The second-order valence-electron chi connectivity index (χ2n) is 8.01. The third-order valence-corrected chi connectivity index (χ3v) is 6.49. The molecule has 0 aliphatic heterocycles. The number of nitrogens with one attached hydrogen (secondary N) is 1. The van der Waals surface area contributed by atoms with Gasteiger partial charge in [0.05, 0.1) is 0 Å². The van der Waals surface area contributed by atoms with E-state index in [2.05, 4.69) is 12.2 Å². The summed E-state index contributed by atoms with van der Waals surface area (Å²) in [4.78, 5) is 36.0. The van der Waals surface area contributed by atoms with Crippen LogP contribution in [-0.4, -0.2) is 35.4 Å². The van der Waals surface area contributed by atoms with E-state index in [0.29, 0.717) is 22.6 Å². The Kier molecular flexibility index (Phi) is 9.16. The standard InChI is InChI=1S/C26H29NO6S/c1-3-4-10-19-13-24(29)33-25-17(2)22(12-11-20(19)25)32-14-23(28)27-21(26(30)31)16-34-15-18-8-6-5-7-9-18/h5-9,11-13,21H,3-4,10,14-16H2,1-2H3,(H,27,28)(H,30,31)/t21-/m0/s1. The Morgan fingerprint density at radius 1 is 1.18 bits per heavy atom. The number of amides is 1. The van der Waals surface area contributed by atoms with Gasteiger partial charge in [-0.15, -0.1) is 0 Å². The highest BCUT2D eigenvalue weighted by atomic mass is 32.2. The normalized spacial score (nSPS) is 11.8. The highest BCUT2D eigenvalue weighted by Gasteiger charge is 2.21. The van der Waals surface area contributed by atoms with Crippen LogP contribution in [0.5, 0.6) is 5.75 Å². The van der Waals surface area contributed by atoms with Crippen molar-refractivity contribution in [1.29, 1.82) is 0 Å². The summed E-state index contributed by atoms with van der Waals surface area (Å²) >= 11 is 1.43. The maximum absolute atomic E-state index is 12.4. The van der Waals surface area contributed by atoms with Gasteiger partial charge in [0.25, 0.3) is 5.91 Å². The summed E-state index contributed by atoms with van der Waals surface area (Å²) in [5.41, 5.74) is 2.65. The fraction of sp³-hybridized carbons (Fsp3) is 0.346. The molecule has 0 spiro atoms. The van der Waals surface area contributed by atoms with E-state index in [4.69, 9.17) is 9.15 Å². The Hall–Kier alpha value is -3.26. The molecule has 0 fully saturated rings. The van der Waals surface area contributed by atoms with Crippen molar-refractivity contribution < 1.29 is 23.8 Å². The van der Waals surface area contributed by atoms with E-state index in [1.807, 2.05) is 36.4 Å². The fourth-order valence-corrected chi connectivity index (χ4v) is 4.57. The Balaban J connectivity index is 1.61. The number of unbranched alkanes of at least 4 members (excludes halogenated alkanes) is 1. The SMILES string of the molecule is CCCCc1cc(=O)oc2c(C)c(OCC(=O)N[C@@H](CSCc3ccccc3)C(=O)O)ccc12. The van der Waals surface area contributed by atoms with Crippen molar-refractivity contribution in [2.45, 2.75) is 44.9 Å². The average molecular weight is 484 g/mol. The molecule has 34 heavy (non-hydrogen) atoms. The van der Waals surface area contributed by atoms with Crippen molar-refractivity contribution in [1.82, 2.24) is 5.32 Å². The maximum atomic E-state index is 12.4. The number of rotatable bonds is 12. The third-order valence-electron chi connectivity index (χ3n) is 5.38. The van der Waals surface area contributed by atoms with E-state index >= 15 is 0 Å². The lowest BCUT2D eigenvalue weighted by molar-refractivity contribution is -0.141. The molecule has 0 aliphatic rings. The van der Waals surface area contributed by atoms with Gasteiger partial charge in [-0.2, -0.15) is 11.8 Å². The molecule has 1 aromatic heterocycles. The van der Waals surface area contributed by atoms with Crippen molar-refractivity contribution in [3.05, 3.63) is 75.6 Å². The van der Waals surface area contributed by atoms with Gasteiger partial charge in [-0.3, -0.25) is 4.79 Å². The average Bonchev–Trinajstić information content (AvgIpc) is 2.82. The van der Waals surface area contributed by atoms with E-state index < -0.39 is 23.5 Å². The van der Waals surface area contributed by atoms with E-state index in [9.17, 15) is 19.5 Å². The largest absolute Gasteiger partial charge is 0.483 e. The Bertz CT molecular complexity index is 1190. The topological polar surface area (TPSA) is 106 Å². The smallest absolute Gasteiger partial charge is 0.336 e. The molecular weight excluding hydrogens is 454 g/mol. The van der Waals surface area contributed by atoms with Gasteiger partial charge in [-0.1, -0.05) is 43.7 Å². The summed E-state index contributed by atoms with van der Waals surface area (Å²) in [6.45, 7) is 3.51. The van der Waals surface area contributed by atoms with Crippen molar-refractivity contribution >= 4 is 34.6 Å². The summed E-state index contributed by atoms with van der Waals surface area (Å²) in [6, 6.07) is 13.8. The van der Waals surface area contributed by atoms with Crippen molar-refractivity contribution in [3.63, 3.8) is 0 Å². The molecule has 1 heterocycles. The Morgan fingerprint density at radius 2 is 1.94 bits per heavy atom. The molecule has 0 radical (unpaired) electrons. The van der Waals surface area contributed by atoms with E-state index in [1.165, 1.54) is 17.8 Å². The number of carboxylic acid groups (broad SMARTS) is 1. The zero-order valence-corrected chi connectivity index (χ0v) is 20.2. The lowest BCUT2D eigenvalue weighted by Crippen LogP contribution is -2.44. The quantitative estimate of drug-likeness (QED) is 0.370. The number of ether oxygens (including phenoxy) is 1. The molecule has 0 saturated heterocycles. The first kappa shape index (κ1) is 25.4. The molecule has 2 aromatic carbocycles. The van der Waals surface area contributed by atoms with Gasteiger partial charge < -0.3 is 19.6 Å². The summed E-state index contributed by atoms with van der Waals surface area (Å²) in [5, 5.41) is 12.8. The summed E-state index contributed by atoms with van der Waals surface area (Å²) in [7, 11) is 0. The van der Waals surface area contributed by atoms with Crippen LogP contribution in [0.2, 0.25) is 0 Å². The van der Waals surface area contributed by atoms with Crippen LogP contribution in [0.15, 0.2) is 57.7 Å². The van der Waals surface area contributed by atoms with Gasteiger partial charge in [0, 0.05) is 28.5 Å². The first-order valence-electron chi connectivity index (χ1n) is 11.2. The predicted molar refractivity (Wildman–Crippen MR) is 133 cm³/mol. The van der Waals surface area contributed by atoms with Crippen molar-refractivity contribution in [2.24, 2.45) is 0 Å². The number of hydrogen-bond donors (Lipinski definition) is 2. The van der Waals surface area contributed by atoms with Gasteiger partial charge in [0.2, 0.25) is 0 Å². The molecular formula is C26H29NO6S. The van der Waals surface area contributed by atoms with Crippen LogP contribution in [0.3, 0.4) is 0 Å². The Labute approximate surface area is 202 Å². The fourth-order valence-electron chi connectivity index (χ4n) is 3.56. The van der Waals surface area contributed by atoms with Gasteiger partial charge in [0.1, 0.15) is 17.4 Å². The number of carbonyl (C=O) groups is 2. The molecule has 3 rings (SSSR count). The minimum atomic E-state index is -1.10. The van der Waals surface area contributed by atoms with Crippen LogP contribution in [0.4, 0.5) is 0 Å². The lowest BCUT2D eigenvalue weighted by Gasteiger charge is -2.16. The van der Waals surface area contributed by atoms with Crippen LogP contribution in [0.1, 0.15) is 36.5 Å². The summed E-state index contributed by atoms with van der Waals surface area (Å²) in [5.74, 6) is -0.346. The van der Waals surface area contributed by atoms with E-state index in [1.54, 1.807) is 13.0 Å². The third kappa shape index (κ3) is 6.87. The number of hydrogen-bond acceptors (Lipinski definition) is 6. The lowest BCUT2D eigenvalue weighted by atomic mass is 10.0. The number of thioether (sulfide) groups is 1. The van der Waals surface area contributed by atoms with Gasteiger partial charge in [-0.25, -0.2) is 9.59 Å². The van der Waals surface area contributed by atoms with Crippen molar-refractivity contribution in [2.75, 3.05) is 12.4 Å². The molecule has 1 amide bonds. The van der Waals surface area contributed by atoms with E-state index in [0.717, 1.165) is 35.8 Å². The van der Waals surface area contributed by atoms with Crippen LogP contribution in [-0.2, 0) is 21.8 Å². The molecule has 8 heteroatoms. The highest BCUT2D eigenvalue weighted by molar-refractivity contribution is 7.98. The molecule has 7 nitrogen and oxygen atoms in total. The molecule has 0 unspecified atom stereocenters. The van der Waals surface area contributed by atoms with Crippen LogP contribution >= 0.6 is 11.8 Å². The molecule has 2 N–H and O–H groups in total. The zero-order chi connectivity index (χ0) is 24.5. The van der Waals surface area contributed by atoms with E-state index in [-0.39, 0.29) is 12.4 Å². The number of aliphatic carboxylic acids is 1. The first-order valence-corrected chi connectivity index (χ1v) is 12.4. The second-order valence-corrected chi connectivity index (χ2v) is 9.04. The zero-order valence-electron chi connectivity index (χ0n) is 19.3. The number of benzene rings is 2. The number of fused-ring (bicyclic) bond motifs is 1. The second kappa shape index (κ2) is 12.3. The van der Waals surface area contributed by atoms with Crippen LogP contribution < -0.4 is 15.7 Å². The van der Waals surface area contributed by atoms with Gasteiger partial charge in [0.15, 0.2) is 6.61 Å². The van der Waals surface area contributed by atoms with Gasteiger partial charge >= 0.3 is 11.6 Å².